The number of rotatable bonds is 5. The summed E-state index contributed by atoms with van der Waals surface area (Å²) in [7, 11) is -3.16. The molecule has 19 heavy (non-hydrogen) atoms. The molecule has 0 aliphatic carbocycles. The molecule has 1 heterocycles. The Morgan fingerprint density at radius 3 is 2.79 bits per heavy atom. The summed E-state index contributed by atoms with van der Waals surface area (Å²) in [6.07, 6.45) is 3.63. The Bertz CT molecular complexity index is 508. The van der Waals surface area contributed by atoms with Gasteiger partial charge in [0, 0.05) is 12.6 Å². The van der Waals surface area contributed by atoms with Crippen LogP contribution in [0.15, 0.2) is 29.2 Å². The fourth-order valence-electron chi connectivity index (χ4n) is 2.37. The van der Waals surface area contributed by atoms with E-state index >= 15 is 0 Å². The second-order valence-corrected chi connectivity index (χ2v) is 7.17. The van der Waals surface area contributed by atoms with E-state index in [9.17, 15) is 8.42 Å². The summed E-state index contributed by atoms with van der Waals surface area (Å²) in [4.78, 5) is 0.410. The molecule has 1 saturated heterocycles. The third kappa shape index (κ3) is 3.70. The maximum atomic E-state index is 12.0. The topological polar surface area (TPSA) is 58.2 Å². The highest BCUT2D eigenvalue weighted by Crippen LogP contribution is 2.22. The van der Waals surface area contributed by atoms with Crippen LogP contribution in [0.2, 0.25) is 0 Å². The van der Waals surface area contributed by atoms with Crippen LogP contribution < -0.4 is 10.6 Å². The van der Waals surface area contributed by atoms with Crippen molar-refractivity contribution in [3.8, 4) is 0 Å². The van der Waals surface area contributed by atoms with Crippen molar-refractivity contribution in [3.63, 3.8) is 0 Å². The molecule has 1 aliphatic heterocycles. The normalized spacial score (nSPS) is 20.2. The van der Waals surface area contributed by atoms with Crippen molar-refractivity contribution in [1.29, 1.82) is 0 Å². The van der Waals surface area contributed by atoms with E-state index in [4.69, 9.17) is 0 Å². The number of piperidine rings is 1. The minimum Gasteiger partial charge on any atom is -0.382 e. The molecule has 0 bridgehead atoms. The van der Waals surface area contributed by atoms with Crippen LogP contribution in [0.5, 0.6) is 0 Å². The molecule has 1 aromatic rings. The van der Waals surface area contributed by atoms with Gasteiger partial charge in [-0.05, 0) is 31.5 Å². The zero-order valence-corrected chi connectivity index (χ0v) is 12.2. The van der Waals surface area contributed by atoms with Crippen LogP contribution in [0.3, 0.4) is 0 Å². The van der Waals surface area contributed by atoms with Crippen LogP contribution in [-0.2, 0) is 9.84 Å². The van der Waals surface area contributed by atoms with Gasteiger partial charge < -0.3 is 10.6 Å². The summed E-state index contributed by atoms with van der Waals surface area (Å²) in [6, 6.07) is 7.59. The van der Waals surface area contributed by atoms with Gasteiger partial charge in [-0.15, -0.1) is 0 Å². The smallest absolute Gasteiger partial charge is 0.180 e. The molecule has 0 spiro atoms. The summed E-state index contributed by atoms with van der Waals surface area (Å²) in [5.74, 6) is 0.132. The van der Waals surface area contributed by atoms with E-state index in [0.29, 0.717) is 10.9 Å². The van der Waals surface area contributed by atoms with Crippen LogP contribution in [0, 0.1) is 0 Å². The molecule has 2 N–H and O–H groups in total. The summed E-state index contributed by atoms with van der Waals surface area (Å²) < 4.78 is 24.0. The van der Waals surface area contributed by atoms with Crippen LogP contribution in [0.25, 0.3) is 0 Å². The predicted molar refractivity (Wildman–Crippen MR) is 78.3 cm³/mol. The molecule has 1 aromatic carbocycles. The lowest BCUT2D eigenvalue weighted by Crippen LogP contribution is -2.39. The van der Waals surface area contributed by atoms with E-state index in [1.807, 2.05) is 12.1 Å². The molecular formula is C14H22N2O2S. The van der Waals surface area contributed by atoms with Crippen molar-refractivity contribution in [2.45, 2.75) is 37.1 Å². The van der Waals surface area contributed by atoms with Gasteiger partial charge in [-0.25, -0.2) is 8.42 Å². The number of hydrogen-bond acceptors (Lipinski definition) is 4. The second-order valence-electron chi connectivity index (χ2n) is 4.93. The highest BCUT2D eigenvalue weighted by molar-refractivity contribution is 7.91. The van der Waals surface area contributed by atoms with Crippen molar-refractivity contribution in [1.82, 2.24) is 5.32 Å². The summed E-state index contributed by atoms with van der Waals surface area (Å²) in [5, 5.41) is 6.73. The lowest BCUT2D eigenvalue weighted by Gasteiger charge is -2.24. The monoisotopic (exact) mass is 282 g/mol. The Hall–Kier alpha value is -1.07. The fourth-order valence-corrected chi connectivity index (χ4v) is 3.44. The van der Waals surface area contributed by atoms with Crippen LogP contribution in [0.4, 0.5) is 5.69 Å². The zero-order chi connectivity index (χ0) is 13.7. The number of para-hydroxylation sites is 1. The number of sulfone groups is 1. The molecule has 2 rings (SSSR count). The van der Waals surface area contributed by atoms with E-state index in [1.165, 1.54) is 12.8 Å². The molecule has 1 unspecified atom stereocenters. The van der Waals surface area contributed by atoms with Gasteiger partial charge >= 0.3 is 0 Å². The minimum atomic E-state index is -3.16. The SMILES string of the molecule is CCS(=O)(=O)c1ccccc1NCC1CCCCN1. The first-order chi connectivity index (χ1) is 9.13. The highest BCUT2D eigenvalue weighted by Gasteiger charge is 2.17. The zero-order valence-electron chi connectivity index (χ0n) is 11.4. The van der Waals surface area contributed by atoms with Crippen molar-refractivity contribution in [2.75, 3.05) is 24.2 Å². The summed E-state index contributed by atoms with van der Waals surface area (Å²) >= 11 is 0. The summed E-state index contributed by atoms with van der Waals surface area (Å²) in [6.45, 7) is 3.51. The second kappa shape index (κ2) is 6.39. The molecule has 4 nitrogen and oxygen atoms in total. The van der Waals surface area contributed by atoms with Gasteiger partial charge in [-0.3, -0.25) is 0 Å². The number of anilines is 1. The van der Waals surface area contributed by atoms with Gasteiger partial charge in [0.15, 0.2) is 9.84 Å². The molecule has 0 saturated carbocycles. The van der Waals surface area contributed by atoms with Gasteiger partial charge in [0.25, 0.3) is 0 Å². The summed E-state index contributed by atoms with van der Waals surface area (Å²) in [5.41, 5.74) is 0.719. The van der Waals surface area contributed by atoms with Gasteiger partial charge in [0.05, 0.1) is 16.3 Å². The average Bonchev–Trinajstić information content (AvgIpc) is 2.46. The van der Waals surface area contributed by atoms with Crippen molar-refractivity contribution < 1.29 is 8.42 Å². The first kappa shape index (κ1) is 14.3. The largest absolute Gasteiger partial charge is 0.382 e. The van der Waals surface area contributed by atoms with Gasteiger partial charge in [-0.2, -0.15) is 0 Å². The minimum absolute atomic E-state index is 0.132. The number of nitrogens with one attached hydrogen (secondary N) is 2. The van der Waals surface area contributed by atoms with Crippen LogP contribution in [0.1, 0.15) is 26.2 Å². The van der Waals surface area contributed by atoms with Crippen molar-refractivity contribution in [3.05, 3.63) is 24.3 Å². The Morgan fingerprint density at radius 1 is 1.32 bits per heavy atom. The van der Waals surface area contributed by atoms with Crippen LogP contribution >= 0.6 is 0 Å². The molecule has 106 valence electrons. The quantitative estimate of drug-likeness (QED) is 0.867. The Morgan fingerprint density at radius 2 is 2.11 bits per heavy atom. The Balaban J connectivity index is 2.07. The highest BCUT2D eigenvalue weighted by atomic mass is 32.2. The third-order valence-electron chi connectivity index (χ3n) is 3.55. The van der Waals surface area contributed by atoms with E-state index in [2.05, 4.69) is 10.6 Å². The molecule has 0 aromatic heterocycles. The van der Waals surface area contributed by atoms with E-state index in [1.54, 1.807) is 19.1 Å². The maximum absolute atomic E-state index is 12.0. The molecule has 1 atom stereocenters. The predicted octanol–water partition coefficient (Wildman–Crippen LogP) is 2.03. The van der Waals surface area contributed by atoms with Gasteiger partial charge in [0.2, 0.25) is 0 Å². The third-order valence-corrected chi connectivity index (χ3v) is 5.34. The fraction of sp³-hybridized carbons (Fsp3) is 0.571. The van der Waals surface area contributed by atoms with Crippen molar-refractivity contribution >= 4 is 15.5 Å². The molecular weight excluding hydrogens is 260 g/mol. The molecule has 1 aliphatic rings. The van der Waals surface area contributed by atoms with Gasteiger partial charge in [-0.1, -0.05) is 25.5 Å². The van der Waals surface area contributed by atoms with E-state index in [-0.39, 0.29) is 5.75 Å². The number of hydrogen-bond donors (Lipinski definition) is 2. The Labute approximate surface area is 115 Å². The van der Waals surface area contributed by atoms with E-state index < -0.39 is 9.84 Å². The van der Waals surface area contributed by atoms with E-state index in [0.717, 1.165) is 25.2 Å². The maximum Gasteiger partial charge on any atom is 0.180 e. The molecule has 5 heteroatoms. The van der Waals surface area contributed by atoms with Crippen molar-refractivity contribution in [2.24, 2.45) is 0 Å². The van der Waals surface area contributed by atoms with Gasteiger partial charge in [0.1, 0.15) is 0 Å². The van der Waals surface area contributed by atoms with Crippen LogP contribution in [-0.4, -0.2) is 33.3 Å². The molecule has 0 amide bonds. The molecule has 0 radical (unpaired) electrons. The standard InChI is InChI=1S/C14H22N2O2S/c1-2-19(17,18)14-9-4-3-8-13(14)16-11-12-7-5-6-10-15-12/h3-4,8-9,12,15-16H,2,5-7,10-11H2,1H3. The molecule has 1 fully saturated rings. The first-order valence-corrected chi connectivity index (χ1v) is 8.58. The first-order valence-electron chi connectivity index (χ1n) is 6.92. The average molecular weight is 282 g/mol. The number of benzene rings is 1. The lowest BCUT2D eigenvalue weighted by molar-refractivity contribution is 0.414. The lowest BCUT2D eigenvalue weighted by atomic mass is 10.1. The Kier molecular flexibility index (Phi) is 4.82.